The second-order valence-electron chi connectivity index (χ2n) is 4.88. The molecule has 0 saturated heterocycles. The fourth-order valence-corrected chi connectivity index (χ4v) is 2.64. The minimum Gasteiger partial charge on any atom is -0.325 e. The highest BCUT2D eigenvalue weighted by Gasteiger charge is 2.34. The number of halogens is 3. The van der Waals surface area contributed by atoms with E-state index in [4.69, 9.17) is 0 Å². The molecule has 0 unspecified atom stereocenters. The number of thioether (sulfide) groups is 1. The van der Waals surface area contributed by atoms with E-state index >= 15 is 0 Å². The van der Waals surface area contributed by atoms with Gasteiger partial charge in [-0.3, -0.25) is 4.79 Å². The van der Waals surface area contributed by atoms with Crippen molar-refractivity contribution in [1.29, 1.82) is 0 Å². The van der Waals surface area contributed by atoms with Crippen LogP contribution in [0.15, 0.2) is 29.4 Å². The normalized spacial score (nSPS) is 13.0. The van der Waals surface area contributed by atoms with Gasteiger partial charge in [-0.2, -0.15) is 13.2 Å². The first-order valence-electron chi connectivity index (χ1n) is 6.70. The van der Waals surface area contributed by atoms with E-state index in [1.165, 1.54) is 18.2 Å². The maximum Gasteiger partial charge on any atom is 0.418 e. The molecule has 0 aliphatic heterocycles. The molecule has 0 aliphatic carbocycles. The van der Waals surface area contributed by atoms with Crippen LogP contribution in [0.1, 0.15) is 18.3 Å². The molecule has 1 atom stereocenters. The van der Waals surface area contributed by atoms with Gasteiger partial charge in [-0.15, -0.1) is 10.2 Å². The van der Waals surface area contributed by atoms with E-state index in [0.717, 1.165) is 17.8 Å². The average Bonchev–Trinajstić information content (AvgIpc) is 2.78. The molecule has 0 saturated carbocycles. The monoisotopic (exact) mass is 344 g/mol. The highest BCUT2D eigenvalue weighted by Crippen LogP contribution is 2.35. The fourth-order valence-electron chi connectivity index (χ4n) is 1.78. The minimum absolute atomic E-state index is 0.258. The van der Waals surface area contributed by atoms with Gasteiger partial charge < -0.3 is 9.88 Å². The van der Waals surface area contributed by atoms with Gasteiger partial charge in [-0.05, 0) is 26.0 Å². The zero-order chi connectivity index (χ0) is 17.2. The van der Waals surface area contributed by atoms with Crippen molar-refractivity contribution in [2.75, 3.05) is 5.32 Å². The Balaban J connectivity index is 2.12. The Morgan fingerprint density at radius 3 is 2.52 bits per heavy atom. The van der Waals surface area contributed by atoms with Crippen LogP contribution in [0, 0.1) is 6.92 Å². The maximum atomic E-state index is 12.9. The number of para-hydroxylation sites is 1. The van der Waals surface area contributed by atoms with Crippen LogP contribution in [-0.4, -0.2) is 25.9 Å². The van der Waals surface area contributed by atoms with Crippen LogP contribution < -0.4 is 5.32 Å². The molecule has 0 fully saturated rings. The number of aryl methyl sites for hydroxylation is 1. The zero-order valence-electron chi connectivity index (χ0n) is 12.7. The van der Waals surface area contributed by atoms with Gasteiger partial charge in [0.25, 0.3) is 0 Å². The van der Waals surface area contributed by atoms with E-state index in [-0.39, 0.29) is 5.69 Å². The Kier molecular flexibility index (Phi) is 4.98. The Morgan fingerprint density at radius 1 is 1.30 bits per heavy atom. The van der Waals surface area contributed by atoms with Crippen LogP contribution >= 0.6 is 11.8 Å². The predicted molar refractivity (Wildman–Crippen MR) is 81.1 cm³/mol. The van der Waals surface area contributed by atoms with Crippen LogP contribution in [0.25, 0.3) is 0 Å². The summed E-state index contributed by atoms with van der Waals surface area (Å²) in [5, 5.41) is 10.0. The molecule has 1 aromatic heterocycles. The molecular weight excluding hydrogens is 329 g/mol. The zero-order valence-corrected chi connectivity index (χ0v) is 13.5. The summed E-state index contributed by atoms with van der Waals surface area (Å²) in [4.78, 5) is 12.2. The first kappa shape index (κ1) is 17.3. The molecule has 1 aromatic carbocycles. The lowest BCUT2D eigenvalue weighted by Crippen LogP contribution is -2.24. The first-order valence-corrected chi connectivity index (χ1v) is 7.58. The third-order valence-electron chi connectivity index (χ3n) is 3.19. The Labute approximate surface area is 135 Å². The molecule has 9 heteroatoms. The van der Waals surface area contributed by atoms with Gasteiger partial charge in [0.1, 0.15) is 5.82 Å². The third kappa shape index (κ3) is 4.04. The summed E-state index contributed by atoms with van der Waals surface area (Å²) in [6.07, 6.45) is -4.53. The average molecular weight is 344 g/mol. The summed E-state index contributed by atoms with van der Waals surface area (Å²) in [5.74, 6) is 0.148. The van der Waals surface area contributed by atoms with Crippen LogP contribution in [0.4, 0.5) is 18.9 Å². The molecule has 0 spiro atoms. The van der Waals surface area contributed by atoms with Gasteiger partial charge in [-0.25, -0.2) is 0 Å². The molecule has 2 aromatic rings. The number of benzene rings is 1. The molecule has 2 rings (SSSR count). The third-order valence-corrected chi connectivity index (χ3v) is 4.33. The van der Waals surface area contributed by atoms with Crippen molar-refractivity contribution >= 4 is 23.4 Å². The van der Waals surface area contributed by atoms with Crippen molar-refractivity contribution in [2.45, 2.75) is 30.4 Å². The summed E-state index contributed by atoms with van der Waals surface area (Å²) in [5.41, 5.74) is -1.13. The van der Waals surface area contributed by atoms with Gasteiger partial charge in [-0.1, -0.05) is 23.9 Å². The van der Waals surface area contributed by atoms with Crippen molar-refractivity contribution in [2.24, 2.45) is 7.05 Å². The number of amides is 1. The summed E-state index contributed by atoms with van der Waals surface area (Å²) in [6.45, 7) is 3.36. The van der Waals surface area contributed by atoms with Gasteiger partial charge in [0, 0.05) is 7.05 Å². The van der Waals surface area contributed by atoms with Gasteiger partial charge in [0.05, 0.1) is 16.5 Å². The largest absolute Gasteiger partial charge is 0.418 e. The summed E-state index contributed by atoms with van der Waals surface area (Å²) in [7, 11) is 1.75. The molecule has 1 N–H and O–H groups in total. The standard InChI is InChI=1S/C14H15F3N4OS/c1-8(23-13-20-19-9(2)21(13)3)12(22)18-11-7-5-4-6-10(11)14(15,16)17/h4-8H,1-3H3,(H,18,22)/t8-/m1/s1. The summed E-state index contributed by atoms with van der Waals surface area (Å²) < 4.78 is 40.5. The SMILES string of the molecule is Cc1nnc(S[C@H](C)C(=O)Nc2ccccc2C(F)(F)F)n1C. The van der Waals surface area contributed by atoms with Crippen molar-refractivity contribution in [3.63, 3.8) is 0 Å². The van der Waals surface area contributed by atoms with E-state index in [1.807, 2.05) is 0 Å². The summed E-state index contributed by atoms with van der Waals surface area (Å²) in [6, 6.07) is 4.87. The van der Waals surface area contributed by atoms with E-state index in [2.05, 4.69) is 15.5 Å². The highest BCUT2D eigenvalue weighted by atomic mass is 32.2. The molecule has 5 nitrogen and oxygen atoms in total. The van der Waals surface area contributed by atoms with E-state index in [9.17, 15) is 18.0 Å². The molecule has 1 heterocycles. The van der Waals surface area contributed by atoms with Gasteiger partial charge in [0.15, 0.2) is 5.16 Å². The molecule has 0 radical (unpaired) electrons. The lowest BCUT2D eigenvalue weighted by Gasteiger charge is -2.15. The van der Waals surface area contributed by atoms with Crippen molar-refractivity contribution < 1.29 is 18.0 Å². The van der Waals surface area contributed by atoms with Crippen LogP contribution in [0.5, 0.6) is 0 Å². The van der Waals surface area contributed by atoms with Crippen molar-refractivity contribution in [1.82, 2.24) is 14.8 Å². The maximum absolute atomic E-state index is 12.9. The number of aromatic nitrogens is 3. The van der Waals surface area contributed by atoms with E-state index in [1.54, 1.807) is 25.5 Å². The lowest BCUT2D eigenvalue weighted by atomic mass is 10.1. The Bertz CT molecular complexity index is 714. The Hall–Kier alpha value is -2.03. The van der Waals surface area contributed by atoms with Crippen LogP contribution in [0.2, 0.25) is 0 Å². The second kappa shape index (κ2) is 6.61. The topological polar surface area (TPSA) is 59.8 Å². The number of anilines is 1. The summed E-state index contributed by atoms with van der Waals surface area (Å²) >= 11 is 1.13. The lowest BCUT2D eigenvalue weighted by molar-refractivity contribution is -0.137. The number of hydrogen-bond acceptors (Lipinski definition) is 4. The van der Waals surface area contributed by atoms with E-state index in [0.29, 0.717) is 11.0 Å². The number of nitrogens with one attached hydrogen (secondary N) is 1. The number of carbonyl (C=O) groups is 1. The molecule has 0 aliphatic rings. The van der Waals surface area contributed by atoms with Gasteiger partial charge in [0.2, 0.25) is 5.91 Å². The minimum atomic E-state index is -4.53. The first-order chi connectivity index (χ1) is 10.7. The number of carbonyl (C=O) groups excluding carboxylic acids is 1. The molecule has 124 valence electrons. The van der Waals surface area contributed by atoms with Crippen molar-refractivity contribution in [3.05, 3.63) is 35.7 Å². The number of hydrogen-bond donors (Lipinski definition) is 1. The van der Waals surface area contributed by atoms with Crippen LogP contribution in [0.3, 0.4) is 0 Å². The quantitative estimate of drug-likeness (QED) is 0.865. The number of rotatable bonds is 4. The van der Waals surface area contributed by atoms with Gasteiger partial charge >= 0.3 is 6.18 Å². The molecule has 0 bridgehead atoms. The Morgan fingerprint density at radius 2 is 1.96 bits per heavy atom. The molecule has 23 heavy (non-hydrogen) atoms. The number of alkyl halides is 3. The molecular formula is C14H15F3N4OS. The number of nitrogens with zero attached hydrogens (tertiary/aromatic N) is 3. The highest BCUT2D eigenvalue weighted by molar-refractivity contribution is 8.00. The van der Waals surface area contributed by atoms with Crippen LogP contribution in [-0.2, 0) is 18.0 Å². The predicted octanol–water partition coefficient (Wildman–Crippen LogP) is 3.26. The van der Waals surface area contributed by atoms with Crippen molar-refractivity contribution in [3.8, 4) is 0 Å². The fraction of sp³-hybridized carbons (Fsp3) is 0.357. The smallest absolute Gasteiger partial charge is 0.325 e. The molecule has 1 amide bonds. The second-order valence-corrected chi connectivity index (χ2v) is 6.19. The van der Waals surface area contributed by atoms with E-state index < -0.39 is 22.9 Å².